The van der Waals surface area contributed by atoms with E-state index in [0.717, 1.165) is 18.9 Å². The minimum atomic E-state index is -0.333. The van der Waals surface area contributed by atoms with E-state index in [-0.39, 0.29) is 6.10 Å². The van der Waals surface area contributed by atoms with Crippen molar-refractivity contribution >= 4 is 11.3 Å². The highest BCUT2D eigenvalue weighted by Gasteiger charge is 2.14. The number of nitrogens with zero attached hydrogens (tertiary/aromatic N) is 3. The third kappa shape index (κ3) is 3.89. The SMILES string of the molecule is Cc1ccsc1CN(Cc1nccn1C)C[C@H](C)O. The standard InChI is InChI=1S/C14H21N3OS/c1-11-4-7-19-13(11)9-17(8-12(2)18)10-14-15-5-6-16(14)3/h4-7,12,18H,8-10H2,1-3H3/t12-/m0/s1. The van der Waals surface area contributed by atoms with Gasteiger partial charge in [-0.05, 0) is 30.9 Å². The van der Waals surface area contributed by atoms with E-state index in [2.05, 4.69) is 28.3 Å². The molecule has 0 amide bonds. The lowest BCUT2D eigenvalue weighted by atomic mass is 10.2. The van der Waals surface area contributed by atoms with Gasteiger partial charge in [0.15, 0.2) is 0 Å². The minimum absolute atomic E-state index is 0.333. The van der Waals surface area contributed by atoms with Gasteiger partial charge in [0.1, 0.15) is 5.82 Å². The first kappa shape index (κ1) is 14.2. The molecule has 1 N–H and O–H groups in total. The fourth-order valence-electron chi connectivity index (χ4n) is 2.08. The molecule has 4 nitrogen and oxygen atoms in total. The van der Waals surface area contributed by atoms with Gasteiger partial charge in [-0.15, -0.1) is 11.3 Å². The Hall–Kier alpha value is -1.17. The van der Waals surface area contributed by atoms with Gasteiger partial charge >= 0.3 is 0 Å². The van der Waals surface area contributed by atoms with Crippen LogP contribution < -0.4 is 0 Å². The van der Waals surface area contributed by atoms with Crippen LogP contribution in [0.15, 0.2) is 23.8 Å². The number of aliphatic hydroxyl groups excluding tert-OH is 1. The highest BCUT2D eigenvalue weighted by Crippen LogP contribution is 2.19. The Balaban J connectivity index is 2.08. The maximum absolute atomic E-state index is 9.65. The summed E-state index contributed by atoms with van der Waals surface area (Å²) >= 11 is 1.77. The van der Waals surface area contributed by atoms with Gasteiger partial charge in [-0.3, -0.25) is 4.90 Å². The lowest BCUT2D eigenvalue weighted by Crippen LogP contribution is -2.31. The summed E-state index contributed by atoms with van der Waals surface area (Å²) in [5, 5.41) is 11.8. The second-order valence-corrected chi connectivity index (χ2v) is 6.00. The first-order valence-electron chi connectivity index (χ1n) is 6.46. The molecule has 0 saturated carbocycles. The Morgan fingerprint density at radius 1 is 1.47 bits per heavy atom. The molecule has 104 valence electrons. The topological polar surface area (TPSA) is 41.3 Å². The average molecular weight is 279 g/mol. The molecule has 0 aliphatic carbocycles. The number of thiophene rings is 1. The van der Waals surface area contributed by atoms with Crippen molar-refractivity contribution in [3.05, 3.63) is 40.1 Å². The van der Waals surface area contributed by atoms with E-state index in [1.165, 1.54) is 10.4 Å². The summed E-state index contributed by atoms with van der Waals surface area (Å²) in [6, 6.07) is 2.14. The van der Waals surface area contributed by atoms with Crippen LogP contribution in [0, 0.1) is 6.92 Å². The Morgan fingerprint density at radius 2 is 2.26 bits per heavy atom. The molecule has 0 spiro atoms. The number of aliphatic hydroxyl groups is 1. The Bertz CT molecular complexity index is 476. The average Bonchev–Trinajstić information content (AvgIpc) is 2.89. The van der Waals surface area contributed by atoms with Crippen molar-refractivity contribution in [3.8, 4) is 0 Å². The molecule has 2 aromatic heterocycles. The van der Waals surface area contributed by atoms with Gasteiger partial charge in [0.25, 0.3) is 0 Å². The molecule has 2 rings (SSSR count). The van der Waals surface area contributed by atoms with Gasteiger partial charge in [-0.25, -0.2) is 4.98 Å². The molecular formula is C14H21N3OS. The molecule has 19 heavy (non-hydrogen) atoms. The molecule has 0 aliphatic rings. The van der Waals surface area contributed by atoms with Gasteiger partial charge in [-0.1, -0.05) is 0 Å². The van der Waals surface area contributed by atoms with Crippen molar-refractivity contribution in [3.63, 3.8) is 0 Å². The van der Waals surface area contributed by atoms with Crippen molar-refractivity contribution in [2.75, 3.05) is 6.54 Å². The Labute approximate surface area is 118 Å². The molecule has 5 heteroatoms. The maximum Gasteiger partial charge on any atom is 0.122 e. The second kappa shape index (κ2) is 6.32. The zero-order valence-corrected chi connectivity index (χ0v) is 12.5. The molecular weight excluding hydrogens is 258 g/mol. The highest BCUT2D eigenvalue weighted by molar-refractivity contribution is 7.10. The summed E-state index contributed by atoms with van der Waals surface area (Å²) in [4.78, 5) is 7.96. The Morgan fingerprint density at radius 3 is 2.79 bits per heavy atom. The van der Waals surface area contributed by atoms with Crippen LogP contribution in [-0.2, 0) is 20.1 Å². The first-order chi connectivity index (χ1) is 9.06. The van der Waals surface area contributed by atoms with E-state index in [1.807, 2.05) is 30.9 Å². The minimum Gasteiger partial charge on any atom is -0.392 e. The highest BCUT2D eigenvalue weighted by atomic mass is 32.1. The molecule has 0 saturated heterocycles. The maximum atomic E-state index is 9.65. The molecule has 0 fully saturated rings. The number of hydrogen-bond donors (Lipinski definition) is 1. The fraction of sp³-hybridized carbons (Fsp3) is 0.500. The Kier molecular flexibility index (Phi) is 4.74. The predicted octanol–water partition coefficient (Wildman–Crippen LogP) is 2.17. The molecule has 0 bridgehead atoms. The normalized spacial score (nSPS) is 13.1. The van der Waals surface area contributed by atoms with Crippen LogP contribution in [0.4, 0.5) is 0 Å². The van der Waals surface area contributed by atoms with E-state index in [4.69, 9.17) is 0 Å². The molecule has 2 aromatic rings. The molecule has 0 aromatic carbocycles. The fourth-order valence-corrected chi connectivity index (χ4v) is 3.02. The number of aromatic nitrogens is 2. The van der Waals surface area contributed by atoms with Gasteiger partial charge in [0.2, 0.25) is 0 Å². The largest absolute Gasteiger partial charge is 0.392 e. The molecule has 0 radical (unpaired) electrons. The van der Waals surface area contributed by atoms with Crippen LogP contribution >= 0.6 is 11.3 Å². The second-order valence-electron chi connectivity index (χ2n) is 5.00. The summed E-state index contributed by atoms with van der Waals surface area (Å²) in [5.41, 5.74) is 1.32. The van der Waals surface area contributed by atoms with Crippen molar-refractivity contribution in [2.24, 2.45) is 7.05 Å². The molecule has 0 aliphatic heterocycles. The first-order valence-corrected chi connectivity index (χ1v) is 7.34. The number of imidazole rings is 1. The van der Waals surface area contributed by atoms with E-state index < -0.39 is 0 Å². The quantitative estimate of drug-likeness (QED) is 0.881. The van der Waals surface area contributed by atoms with Crippen LogP contribution in [0.1, 0.15) is 23.2 Å². The van der Waals surface area contributed by atoms with Crippen LogP contribution in [-0.4, -0.2) is 32.2 Å². The summed E-state index contributed by atoms with van der Waals surface area (Å²) in [5.74, 6) is 1.02. The number of rotatable bonds is 6. The zero-order valence-electron chi connectivity index (χ0n) is 11.7. The lowest BCUT2D eigenvalue weighted by Gasteiger charge is -2.23. The van der Waals surface area contributed by atoms with Crippen LogP contribution in [0.25, 0.3) is 0 Å². The van der Waals surface area contributed by atoms with E-state index in [1.54, 1.807) is 11.3 Å². The molecule has 0 unspecified atom stereocenters. The van der Waals surface area contributed by atoms with E-state index in [0.29, 0.717) is 6.54 Å². The summed E-state index contributed by atoms with van der Waals surface area (Å²) < 4.78 is 2.02. The van der Waals surface area contributed by atoms with Crippen LogP contribution in [0.2, 0.25) is 0 Å². The van der Waals surface area contributed by atoms with Gasteiger partial charge < -0.3 is 9.67 Å². The van der Waals surface area contributed by atoms with E-state index >= 15 is 0 Å². The van der Waals surface area contributed by atoms with Gasteiger partial charge in [0, 0.05) is 37.4 Å². The summed E-state index contributed by atoms with van der Waals surface area (Å²) in [7, 11) is 2.00. The predicted molar refractivity (Wildman–Crippen MR) is 78.1 cm³/mol. The van der Waals surface area contributed by atoms with Crippen molar-refractivity contribution in [1.82, 2.24) is 14.5 Å². The monoisotopic (exact) mass is 279 g/mol. The van der Waals surface area contributed by atoms with Crippen molar-refractivity contribution in [1.29, 1.82) is 0 Å². The molecule has 2 heterocycles. The van der Waals surface area contributed by atoms with Crippen molar-refractivity contribution in [2.45, 2.75) is 33.0 Å². The smallest absolute Gasteiger partial charge is 0.122 e. The van der Waals surface area contributed by atoms with E-state index in [9.17, 15) is 5.11 Å². The number of aryl methyl sites for hydroxylation is 2. The zero-order chi connectivity index (χ0) is 13.8. The molecule has 1 atom stereocenters. The lowest BCUT2D eigenvalue weighted by molar-refractivity contribution is 0.116. The summed E-state index contributed by atoms with van der Waals surface area (Å²) in [6.45, 7) is 6.23. The van der Waals surface area contributed by atoms with Crippen LogP contribution in [0.3, 0.4) is 0 Å². The third-order valence-corrected chi connectivity index (χ3v) is 4.15. The third-order valence-electron chi connectivity index (χ3n) is 3.14. The number of hydrogen-bond acceptors (Lipinski definition) is 4. The van der Waals surface area contributed by atoms with Crippen molar-refractivity contribution < 1.29 is 5.11 Å². The summed E-state index contributed by atoms with van der Waals surface area (Å²) in [6.07, 6.45) is 3.43. The van der Waals surface area contributed by atoms with Gasteiger partial charge in [0.05, 0.1) is 12.6 Å². The van der Waals surface area contributed by atoms with Gasteiger partial charge in [-0.2, -0.15) is 0 Å². The van der Waals surface area contributed by atoms with Crippen LogP contribution in [0.5, 0.6) is 0 Å².